The minimum absolute atomic E-state index is 0.0576. The van der Waals surface area contributed by atoms with Crippen LogP contribution in [0.1, 0.15) is 22.8 Å². The van der Waals surface area contributed by atoms with E-state index in [0.29, 0.717) is 24.5 Å². The Morgan fingerprint density at radius 2 is 2.29 bits per heavy atom. The van der Waals surface area contributed by atoms with Gasteiger partial charge in [-0.2, -0.15) is 0 Å². The molecule has 0 aliphatic carbocycles. The molecular formula is C14H18N4O3. The number of nitrogens with one attached hydrogen (secondary N) is 1. The van der Waals surface area contributed by atoms with Gasteiger partial charge in [-0.05, 0) is 25.1 Å². The van der Waals surface area contributed by atoms with E-state index in [1.807, 2.05) is 13.0 Å². The molecule has 0 saturated carbocycles. The molecule has 0 aliphatic heterocycles. The predicted molar refractivity (Wildman–Crippen MR) is 77.3 cm³/mol. The minimum Gasteiger partial charge on any atom is -0.496 e. The van der Waals surface area contributed by atoms with Crippen molar-refractivity contribution < 1.29 is 14.4 Å². The molecule has 7 heteroatoms. The second-order valence-electron chi connectivity index (χ2n) is 4.48. The van der Waals surface area contributed by atoms with E-state index in [4.69, 9.17) is 20.1 Å². The maximum Gasteiger partial charge on any atom is 0.208 e. The molecular weight excluding hydrogens is 272 g/mol. The van der Waals surface area contributed by atoms with Crippen molar-refractivity contribution in [2.45, 2.75) is 20.0 Å². The molecule has 1 aromatic carbocycles. The predicted octanol–water partition coefficient (Wildman–Crippen LogP) is 1.38. The maximum atomic E-state index is 8.73. The van der Waals surface area contributed by atoms with Crippen LogP contribution in [-0.2, 0) is 13.1 Å². The highest BCUT2D eigenvalue weighted by molar-refractivity contribution is 5.97. The highest BCUT2D eigenvalue weighted by Gasteiger charge is 2.08. The smallest absolute Gasteiger partial charge is 0.208 e. The van der Waals surface area contributed by atoms with Gasteiger partial charge >= 0.3 is 0 Å². The van der Waals surface area contributed by atoms with Crippen molar-refractivity contribution in [1.82, 2.24) is 10.3 Å². The molecule has 0 fully saturated rings. The Morgan fingerprint density at radius 3 is 2.90 bits per heavy atom. The summed E-state index contributed by atoms with van der Waals surface area (Å²) in [4.78, 5) is 4.12. The van der Waals surface area contributed by atoms with Gasteiger partial charge in [-0.15, -0.1) is 0 Å². The van der Waals surface area contributed by atoms with Crippen molar-refractivity contribution in [3.8, 4) is 5.75 Å². The lowest BCUT2D eigenvalue weighted by molar-refractivity contribution is 0.318. The van der Waals surface area contributed by atoms with E-state index in [1.165, 1.54) is 0 Å². The number of hydrogen-bond donors (Lipinski definition) is 3. The SMILES string of the molecule is COc1ccc(/C(N)=N/O)cc1CNCc1ncc(C)o1. The van der Waals surface area contributed by atoms with Gasteiger partial charge in [-0.1, -0.05) is 5.16 Å². The van der Waals surface area contributed by atoms with Crippen LogP contribution in [0.15, 0.2) is 34.0 Å². The molecule has 0 atom stereocenters. The lowest BCUT2D eigenvalue weighted by Gasteiger charge is -2.10. The van der Waals surface area contributed by atoms with Crippen LogP contribution in [0.4, 0.5) is 0 Å². The van der Waals surface area contributed by atoms with Crippen LogP contribution in [-0.4, -0.2) is 23.1 Å². The second-order valence-corrected chi connectivity index (χ2v) is 4.48. The van der Waals surface area contributed by atoms with Crippen LogP contribution >= 0.6 is 0 Å². The number of methoxy groups -OCH3 is 1. The topological polar surface area (TPSA) is 106 Å². The average molecular weight is 290 g/mol. The quantitative estimate of drug-likeness (QED) is 0.321. The third kappa shape index (κ3) is 3.73. The van der Waals surface area contributed by atoms with Gasteiger partial charge in [0.15, 0.2) is 5.84 Å². The first-order chi connectivity index (χ1) is 10.1. The van der Waals surface area contributed by atoms with Crippen LogP contribution in [0.3, 0.4) is 0 Å². The van der Waals surface area contributed by atoms with Crippen molar-refractivity contribution in [1.29, 1.82) is 0 Å². The van der Waals surface area contributed by atoms with Crippen LogP contribution in [0.5, 0.6) is 5.75 Å². The first kappa shape index (κ1) is 14.9. The average Bonchev–Trinajstić information content (AvgIpc) is 2.91. The van der Waals surface area contributed by atoms with Gasteiger partial charge in [0.25, 0.3) is 0 Å². The lowest BCUT2D eigenvalue weighted by Crippen LogP contribution is -2.16. The van der Waals surface area contributed by atoms with E-state index in [2.05, 4.69) is 15.5 Å². The number of aryl methyl sites for hydroxylation is 1. The van der Waals surface area contributed by atoms with Gasteiger partial charge in [0.05, 0.1) is 19.9 Å². The highest BCUT2D eigenvalue weighted by atomic mass is 16.5. The molecule has 0 spiro atoms. The third-order valence-corrected chi connectivity index (χ3v) is 2.94. The summed E-state index contributed by atoms with van der Waals surface area (Å²) in [6.07, 6.45) is 1.68. The van der Waals surface area contributed by atoms with Crippen LogP contribution in [0.2, 0.25) is 0 Å². The third-order valence-electron chi connectivity index (χ3n) is 2.94. The van der Waals surface area contributed by atoms with Crippen molar-refractivity contribution in [2.75, 3.05) is 7.11 Å². The summed E-state index contributed by atoms with van der Waals surface area (Å²) in [7, 11) is 1.60. The Balaban J connectivity index is 2.06. The zero-order valence-corrected chi connectivity index (χ0v) is 12.0. The number of aromatic nitrogens is 1. The zero-order valence-electron chi connectivity index (χ0n) is 12.0. The number of oxazole rings is 1. The molecule has 2 aromatic rings. The van der Waals surface area contributed by atoms with Gasteiger partial charge in [0.2, 0.25) is 5.89 Å². The van der Waals surface area contributed by atoms with E-state index in [1.54, 1.807) is 25.4 Å². The van der Waals surface area contributed by atoms with Gasteiger partial charge in [-0.3, -0.25) is 0 Å². The van der Waals surface area contributed by atoms with Gasteiger partial charge in [0, 0.05) is 17.7 Å². The minimum atomic E-state index is 0.0576. The number of rotatable bonds is 6. The Labute approximate surface area is 122 Å². The van der Waals surface area contributed by atoms with E-state index >= 15 is 0 Å². The van der Waals surface area contributed by atoms with Crippen LogP contribution in [0, 0.1) is 6.92 Å². The standard InChI is InChI=1S/C14H18N4O3/c1-9-6-17-13(21-9)8-16-7-11-5-10(14(15)18-19)3-4-12(11)20-2/h3-6,16,19H,7-8H2,1-2H3,(H2,15,18). The first-order valence-corrected chi connectivity index (χ1v) is 6.41. The largest absolute Gasteiger partial charge is 0.496 e. The van der Waals surface area contributed by atoms with Gasteiger partial charge < -0.3 is 25.4 Å². The van der Waals surface area contributed by atoms with Gasteiger partial charge in [-0.25, -0.2) is 4.98 Å². The molecule has 21 heavy (non-hydrogen) atoms. The Bertz CT molecular complexity index is 637. The summed E-state index contributed by atoms with van der Waals surface area (Å²) in [6.45, 7) is 2.89. The number of amidine groups is 1. The summed E-state index contributed by atoms with van der Waals surface area (Å²) in [6, 6.07) is 5.32. The molecule has 0 saturated heterocycles. The molecule has 0 unspecified atom stereocenters. The molecule has 1 heterocycles. The maximum absolute atomic E-state index is 8.73. The molecule has 1 aromatic heterocycles. The van der Waals surface area contributed by atoms with Crippen molar-refractivity contribution >= 4 is 5.84 Å². The monoisotopic (exact) mass is 290 g/mol. The Hall–Kier alpha value is -2.54. The first-order valence-electron chi connectivity index (χ1n) is 6.41. The Morgan fingerprint density at radius 1 is 1.48 bits per heavy atom. The second kappa shape index (κ2) is 6.76. The number of benzene rings is 1. The number of oxime groups is 1. The number of ether oxygens (including phenoxy) is 1. The molecule has 4 N–H and O–H groups in total. The fourth-order valence-corrected chi connectivity index (χ4v) is 1.92. The van der Waals surface area contributed by atoms with E-state index < -0.39 is 0 Å². The van der Waals surface area contributed by atoms with Crippen molar-refractivity contribution in [3.63, 3.8) is 0 Å². The number of nitrogens with two attached hydrogens (primary N) is 1. The summed E-state index contributed by atoms with van der Waals surface area (Å²) in [5, 5.41) is 14.9. The summed E-state index contributed by atoms with van der Waals surface area (Å²) in [5.41, 5.74) is 7.11. The number of hydrogen-bond acceptors (Lipinski definition) is 6. The fourth-order valence-electron chi connectivity index (χ4n) is 1.92. The molecule has 0 bridgehead atoms. The van der Waals surface area contributed by atoms with Crippen LogP contribution < -0.4 is 15.8 Å². The molecule has 7 nitrogen and oxygen atoms in total. The van der Waals surface area contributed by atoms with Crippen LogP contribution in [0.25, 0.3) is 0 Å². The highest BCUT2D eigenvalue weighted by Crippen LogP contribution is 2.20. The normalized spacial score (nSPS) is 11.6. The fraction of sp³-hybridized carbons (Fsp3) is 0.286. The summed E-state index contributed by atoms with van der Waals surface area (Å²) < 4.78 is 10.7. The van der Waals surface area contributed by atoms with Gasteiger partial charge in [0.1, 0.15) is 11.5 Å². The molecule has 0 aliphatic rings. The van der Waals surface area contributed by atoms with Crippen molar-refractivity contribution in [3.05, 3.63) is 47.2 Å². The zero-order chi connectivity index (χ0) is 15.2. The van der Waals surface area contributed by atoms with E-state index in [-0.39, 0.29) is 5.84 Å². The molecule has 112 valence electrons. The summed E-state index contributed by atoms with van der Waals surface area (Å²) in [5.74, 6) is 2.18. The van der Waals surface area contributed by atoms with Crippen molar-refractivity contribution in [2.24, 2.45) is 10.9 Å². The Kier molecular flexibility index (Phi) is 4.78. The molecule has 0 amide bonds. The molecule has 0 radical (unpaired) electrons. The molecule has 2 rings (SSSR count). The number of nitrogens with zero attached hydrogens (tertiary/aromatic N) is 2. The van der Waals surface area contributed by atoms with E-state index in [0.717, 1.165) is 17.1 Å². The summed E-state index contributed by atoms with van der Waals surface area (Å²) >= 11 is 0. The lowest BCUT2D eigenvalue weighted by atomic mass is 10.1. The van der Waals surface area contributed by atoms with E-state index in [9.17, 15) is 0 Å².